The van der Waals surface area contributed by atoms with Gasteiger partial charge in [0.05, 0.1) is 29.9 Å². The third kappa shape index (κ3) is 4.11. The molecule has 1 saturated carbocycles. The first-order valence-electron chi connectivity index (χ1n) is 11.2. The molecule has 5 rings (SSSR count). The van der Waals surface area contributed by atoms with E-state index in [0.717, 1.165) is 35.7 Å². The molecule has 0 radical (unpaired) electrons. The normalized spacial score (nSPS) is 13.9. The lowest BCUT2D eigenvalue weighted by molar-refractivity contribution is 0.102. The minimum atomic E-state index is -0.317. The van der Waals surface area contributed by atoms with E-state index in [-0.39, 0.29) is 11.6 Å². The van der Waals surface area contributed by atoms with Gasteiger partial charge in [-0.1, -0.05) is 36.3 Å². The van der Waals surface area contributed by atoms with Gasteiger partial charge in [-0.05, 0) is 56.2 Å². The second kappa shape index (κ2) is 8.90. The van der Waals surface area contributed by atoms with Crippen LogP contribution in [-0.4, -0.2) is 37.8 Å². The second-order valence-corrected chi connectivity index (χ2v) is 8.27. The summed E-state index contributed by atoms with van der Waals surface area (Å²) in [4.78, 5) is 13.2. The first-order valence-corrected chi connectivity index (χ1v) is 11.2. The van der Waals surface area contributed by atoms with Crippen LogP contribution in [-0.2, 0) is 0 Å². The maximum absolute atomic E-state index is 13.2. The molecule has 8 heteroatoms. The zero-order chi connectivity index (χ0) is 22.8. The Balaban J connectivity index is 1.44. The molecule has 8 nitrogen and oxygen atoms in total. The van der Waals surface area contributed by atoms with Crippen molar-refractivity contribution in [3.63, 3.8) is 0 Å². The lowest BCUT2D eigenvalue weighted by Gasteiger charge is -2.08. The van der Waals surface area contributed by atoms with E-state index in [0.29, 0.717) is 17.4 Å². The number of amides is 1. The fourth-order valence-electron chi connectivity index (χ4n) is 4.36. The Kier molecular flexibility index (Phi) is 5.64. The first kappa shape index (κ1) is 20.9. The van der Waals surface area contributed by atoms with Crippen molar-refractivity contribution in [1.29, 1.82) is 0 Å². The maximum Gasteiger partial charge on any atom is 0.279 e. The number of nitrogens with zero attached hydrogens (tertiary/aromatic N) is 5. The van der Waals surface area contributed by atoms with E-state index in [9.17, 15) is 4.79 Å². The molecule has 1 amide bonds. The summed E-state index contributed by atoms with van der Waals surface area (Å²) in [5, 5.41) is 16.2. The number of anilines is 1. The minimum Gasteiger partial charge on any atom is -0.497 e. The summed E-state index contributed by atoms with van der Waals surface area (Å²) >= 11 is 0. The quantitative estimate of drug-likeness (QED) is 0.469. The topological polar surface area (TPSA) is 86.9 Å². The number of carbonyl (C=O) groups is 1. The molecule has 1 fully saturated rings. The molecule has 0 saturated heterocycles. The van der Waals surface area contributed by atoms with Gasteiger partial charge < -0.3 is 10.1 Å². The lowest BCUT2D eigenvalue weighted by Crippen LogP contribution is -2.17. The number of ether oxygens (including phenoxy) is 1. The standard InChI is InChI=1S/C25H26N6O2/c1-17-24(27-29-30(17)20-12-14-21(33-2)15-13-20)25(32)26-23-16-22(18-8-6-7-9-18)28-31(23)19-10-4-3-5-11-19/h3-5,10-16,18H,6-9H2,1-2H3,(H,26,32). The Morgan fingerprint density at radius 1 is 1.00 bits per heavy atom. The van der Waals surface area contributed by atoms with Crippen molar-refractivity contribution in [2.45, 2.75) is 38.5 Å². The number of hydrogen-bond donors (Lipinski definition) is 1. The van der Waals surface area contributed by atoms with Crippen molar-refractivity contribution < 1.29 is 9.53 Å². The van der Waals surface area contributed by atoms with Crippen LogP contribution in [0.2, 0.25) is 0 Å². The highest BCUT2D eigenvalue weighted by Gasteiger charge is 2.24. The van der Waals surface area contributed by atoms with E-state index in [1.54, 1.807) is 16.5 Å². The highest BCUT2D eigenvalue weighted by Crippen LogP contribution is 2.35. The van der Waals surface area contributed by atoms with Gasteiger partial charge in [0, 0.05) is 12.0 Å². The average Bonchev–Trinajstić information content (AvgIpc) is 3.60. The highest BCUT2D eigenvalue weighted by molar-refractivity contribution is 6.03. The molecule has 1 N–H and O–H groups in total. The molecule has 1 aliphatic rings. The molecule has 0 unspecified atom stereocenters. The van der Waals surface area contributed by atoms with Gasteiger partial charge in [-0.15, -0.1) is 5.10 Å². The van der Waals surface area contributed by atoms with Crippen LogP contribution in [0.1, 0.15) is 53.5 Å². The number of nitrogens with one attached hydrogen (secondary N) is 1. The zero-order valence-corrected chi connectivity index (χ0v) is 18.7. The van der Waals surface area contributed by atoms with Crippen molar-refractivity contribution in [3.8, 4) is 17.1 Å². The Morgan fingerprint density at radius 2 is 1.70 bits per heavy atom. The largest absolute Gasteiger partial charge is 0.497 e. The van der Waals surface area contributed by atoms with Gasteiger partial charge in [-0.3, -0.25) is 4.79 Å². The number of rotatable bonds is 6. The molecule has 2 aromatic carbocycles. The van der Waals surface area contributed by atoms with Crippen LogP contribution in [0.5, 0.6) is 5.75 Å². The Bertz CT molecular complexity index is 1250. The highest BCUT2D eigenvalue weighted by atomic mass is 16.5. The summed E-state index contributed by atoms with van der Waals surface area (Å²) in [7, 11) is 1.62. The number of para-hydroxylation sites is 1. The van der Waals surface area contributed by atoms with Crippen LogP contribution in [0.15, 0.2) is 60.7 Å². The number of hydrogen-bond acceptors (Lipinski definition) is 5. The molecule has 2 heterocycles. The van der Waals surface area contributed by atoms with Crippen LogP contribution in [0, 0.1) is 6.92 Å². The monoisotopic (exact) mass is 442 g/mol. The van der Waals surface area contributed by atoms with Crippen LogP contribution >= 0.6 is 0 Å². The summed E-state index contributed by atoms with van der Waals surface area (Å²) < 4.78 is 8.66. The number of aromatic nitrogens is 5. The van der Waals surface area contributed by atoms with Crippen LogP contribution in [0.3, 0.4) is 0 Å². The van der Waals surface area contributed by atoms with Gasteiger partial charge in [0.1, 0.15) is 11.6 Å². The molecule has 2 aromatic heterocycles. The molecule has 0 bridgehead atoms. The van der Waals surface area contributed by atoms with E-state index < -0.39 is 0 Å². The lowest BCUT2D eigenvalue weighted by atomic mass is 10.0. The predicted octanol–water partition coefficient (Wildman–Crippen LogP) is 4.68. The van der Waals surface area contributed by atoms with Crippen molar-refractivity contribution in [1.82, 2.24) is 24.8 Å². The zero-order valence-electron chi connectivity index (χ0n) is 18.7. The van der Waals surface area contributed by atoms with Crippen molar-refractivity contribution in [2.24, 2.45) is 0 Å². The fraction of sp³-hybridized carbons (Fsp3) is 0.280. The predicted molar refractivity (Wildman–Crippen MR) is 125 cm³/mol. The van der Waals surface area contributed by atoms with E-state index in [4.69, 9.17) is 9.84 Å². The molecule has 33 heavy (non-hydrogen) atoms. The molecule has 4 aromatic rings. The summed E-state index contributed by atoms with van der Waals surface area (Å²) in [5.74, 6) is 1.50. The minimum absolute atomic E-state index is 0.272. The molecule has 168 valence electrons. The van der Waals surface area contributed by atoms with Gasteiger partial charge in [0.2, 0.25) is 0 Å². The Labute approximate surface area is 192 Å². The number of benzene rings is 2. The Hall–Kier alpha value is -3.94. The summed E-state index contributed by atoms with van der Waals surface area (Å²) in [6.07, 6.45) is 4.71. The van der Waals surface area contributed by atoms with E-state index >= 15 is 0 Å². The van der Waals surface area contributed by atoms with Gasteiger partial charge in [-0.2, -0.15) is 5.10 Å². The molecule has 0 spiro atoms. The van der Waals surface area contributed by atoms with E-state index in [1.165, 1.54) is 12.8 Å². The van der Waals surface area contributed by atoms with Crippen molar-refractivity contribution in [2.75, 3.05) is 12.4 Å². The molecular formula is C25H26N6O2. The number of methoxy groups -OCH3 is 1. The fourth-order valence-corrected chi connectivity index (χ4v) is 4.36. The van der Waals surface area contributed by atoms with Crippen molar-refractivity contribution >= 4 is 11.7 Å². The van der Waals surface area contributed by atoms with E-state index in [2.05, 4.69) is 15.6 Å². The molecule has 1 aliphatic carbocycles. The maximum atomic E-state index is 13.2. The summed E-state index contributed by atoms with van der Waals surface area (Å²) in [6, 6.07) is 19.3. The van der Waals surface area contributed by atoms with Gasteiger partial charge in [0.15, 0.2) is 5.69 Å². The molecule has 0 aliphatic heterocycles. The SMILES string of the molecule is COc1ccc(-n2nnc(C(=O)Nc3cc(C4CCCC4)nn3-c3ccccc3)c2C)cc1. The third-order valence-corrected chi connectivity index (χ3v) is 6.17. The Morgan fingerprint density at radius 3 is 2.39 bits per heavy atom. The van der Waals surface area contributed by atoms with Crippen LogP contribution < -0.4 is 10.1 Å². The van der Waals surface area contributed by atoms with Crippen LogP contribution in [0.25, 0.3) is 11.4 Å². The van der Waals surface area contributed by atoms with Crippen LogP contribution in [0.4, 0.5) is 5.82 Å². The summed E-state index contributed by atoms with van der Waals surface area (Å²) in [5.41, 5.74) is 3.65. The van der Waals surface area contributed by atoms with Crippen molar-refractivity contribution in [3.05, 3.63) is 77.7 Å². The second-order valence-electron chi connectivity index (χ2n) is 8.27. The van der Waals surface area contributed by atoms with Gasteiger partial charge in [0.25, 0.3) is 5.91 Å². The molecule has 0 atom stereocenters. The van der Waals surface area contributed by atoms with Gasteiger partial charge in [-0.25, -0.2) is 9.36 Å². The van der Waals surface area contributed by atoms with E-state index in [1.807, 2.05) is 67.6 Å². The molecular weight excluding hydrogens is 416 g/mol. The third-order valence-electron chi connectivity index (χ3n) is 6.17. The van der Waals surface area contributed by atoms with Gasteiger partial charge >= 0.3 is 0 Å². The summed E-state index contributed by atoms with van der Waals surface area (Å²) in [6.45, 7) is 1.83. The first-order chi connectivity index (χ1) is 16.1. The average molecular weight is 443 g/mol. The smallest absolute Gasteiger partial charge is 0.279 e. The number of carbonyl (C=O) groups excluding carboxylic acids is 1.